The third-order valence-electron chi connectivity index (χ3n) is 1.72. The lowest BCUT2D eigenvalue weighted by molar-refractivity contribution is 0.172. The van der Waals surface area contributed by atoms with Crippen LogP contribution in [0.25, 0.3) is 0 Å². The lowest BCUT2D eigenvalue weighted by Crippen LogP contribution is -2.26. The molecular weight excluding hydrogens is 156 g/mol. The van der Waals surface area contributed by atoms with Gasteiger partial charge in [-0.2, -0.15) is 0 Å². The van der Waals surface area contributed by atoms with Crippen LogP contribution in [0.15, 0.2) is 17.2 Å². The van der Waals surface area contributed by atoms with E-state index in [9.17, 15) is 4.79 Å². The van der Waals surface area contributed by atoms with Gasteiger partial charge in [-0.25, -0.2) is 4.79 Å². The van der Waals surface area contributed by atoms with Crippen LogP contribution in [0.1, 0.15) is 13.8 Å². The number of rotatable bonds is 3. The van der Waals surface area contributed by atoms with Gasteiger partial charge >= 0.3 is 5.69 Å². The topological polar surface area (TPSA) is 47.2 Å². The van der Waals surface area contributed by atoms with E-state index < -0.39 is 6.10 Å². The maximum atomic E-state index is 11.4. The summed E-state index contributed by atoms with van der Waals surface area (Å²) in [7, 11) is 0. The highest BCUT2D eigenvalue weighted by molar-refractivity contribution is 4.81. The van der Waals surface area contributed by atoms with Gasteiger partial charge in [-0.15, -0.1) is 0 Å². The van der Waals surface area contributed by atoms with Crippen LogP contribution in [0.5, 0.6) is 0 Å². The Morgan fingerprint density at radius 2 is 2.08 bits per heavy atom. The van der Waals surface area contributed by atoms with Crippen molar-refractivity contribution >= 4 is 0 Å². The zero-order valence-corrected chi connectivity index (χ0v) is 7.40. The first-order valence-corrected chi connectivity index (χ1v) is 4.08. The summed E-state index contributed by atoms with van der Waals surface area (Å²) in [6, 6.07) is 0. The molecule has 0 bridgehead atoms. The summed E-state index contributed by atoms with van der Waals surface area (Å²) in [4.78, 5) is 11.4. The van der Waals surface area contributed by atoms with Crippen molar-refractivity contribution in [3.63, 3.8) is 0 Å². The van der Waals surface area contributed by atoms with Crippen molar-refractivity contribution in [1.29, 1.82) is 0 Å². The Morgan fingerprint density at radius 3 is 2.50 bits per heavy atom. The van der Waals surface area contributed by atoms with E-state index in [2.05, 4.69) is 0 Å². The van der Waals surface area contributed by atoms with Crippen molar-refractivity contribution < 1.29 is 5.11 Å². The van der Waals surface area contributed by atoms with Crippen molar-refractivity contribution in [2.24, 2.45) is 0 Å². The summed E-state index contributed by atoms with van der Waals surface area (Å²) in [6.45, 7) is 4.61. The van der Waals surface area contributed by atoms with Crippen LogP contribution in [0.4, 0.5) is 0 Å². The van der Waals surface area contributed by atoms with Gasteiger partial charge in [0.2, 0.25) is 0 Å². The normalized spacial score (nSPS) is 13.2. The smallest absolute Gasteiger partial charge is 0.328 e. The Balaban J connectivity index is 2.88. The largest absolute Gasteiger partial charge is 0.392 e. The Hall–Kier alpha value is -1.03. The second kappa shape index (κ2) is 3.58. The summed E-state index contributed by atoms with van der Waals surface area (Å²) in [5.74, 6) is 0. The van der Waals surface area contributed by atoms with E-state index in [4.69, 9.17) is 5.11 Å². The molecule has 0 unspecified atom stereocenters. The molecule has 0 saturated carbocycles. The minimum absolute atomic E-state index is 0.0570. The van der Waals surface area contributed by atoms with Crippen LogP contribution in [0, 0.1) is 0 Å². The monoisotopic (exact) mass is 170 g/mol. The van der Waals surface area contributed by atoms with Crippen molar-refractivity contribution in [2.45, 2.75) is 33.0 Å². The van der Waals surface area contributed by atoms with Gasteiger partial charge < -0.3 is 5.11 Å². The van der Waals surface area contributed by atoms with Crippen LogP contribution in [0.3, 0.4) is 0 Å². The van der Waals surface area contributed by atoms with Crippen molar-refractivity contribution in [1.82, 2.24) is 9.13 Å². The molecule has 1 atom stereocenters. The Labute approximate surface area is 71.1 Å². The second-order valence-electron chi connectivity index (χ2n) is 2.87. The van der Waals surface area contributed by atoms with Gasteiger partial charge in [0, 0.05) is 18.9 Å². The van der Waals surface area contributed by atoms with Crippen molar-refractivity contribution in [3.8, 4) is 0 Å². The van der Waals surface area contributed by atoms with E-state index in [1.807, 2.05) is 6.92 Å². The number of hydrogen-bond donors (Lipinski definition) is 1. The SMILES string of the molecule is CCn1ccn(C[C@@H](C)O)c1=O. The first-order valence-electron chi connectivity index (χ1n) is 4.08. The lowest BCUT2D eigenvalue weighted by Gasteiger charge is -2.02. The minimum atomic E-state index is -0.476. The molecule has 12 heavy (non-hydrogen) atoms. The molecule has 0 fully saturated rings. The summed E-state index contributed by atoms with van der Waals surface area (Å²) >= 11 is 0. The van der Waals surface area contributed by atoms with Crippen LogP contribution < -0.4 is 5.69 Å². The van der Waals surface area contributed by atoms with Crippen LogP contribution in [-0.2, 0) is 13.1 Å². The minimum Gasteiger partial charge on any atom is -0.392 e. The first kappa shape index (κ1) is 9.06. The Bertz CT molecular complexity index is 298. The number of nitrogens with zero attached hydrogens (tertiary/aromatic N) is 2. The number of aromatic nitrogens is 2. The predicted octanol–water partition coefficient (Wildman–Crippen LogP) is 0.0505. The molecule has 1 rings (SSSR count). The van der Waals surface area contributed by atoms with Gasteiger partial charge in [0.05, 0.1) is 12.6 Å². The second-order valence-corrected chi connectivity index (χ2v) is 2.87. The molecule has 0 aliphatic rings. The zero-order valence-electron chi connectivity index (χ0n) is 7.40. The maximum Gasteiger partial charge on any atom is 0.328 e. The van der Waals surface area contributed by atoms with E-state index in [0.29, 0.717) is 13.1 Å². The summed E-state index contributed by atoms with van der Waals surface area (Å²) in [6.07, 6.45) is 2.94. The zero-order chi connectivity index (χ0) is 9.14. The van der Waals surface area contributed by atoms with Gasteiger partial charge in [0.1, 0.15) is 0 Å². The first-order chi connectivity index (χ1) is 5.65. The molecule has 0 aromatic carbocycles. The molecule has 0 saturated heterocycles. The number of imidazole rings is 1. The fourth-order valence-corrected chi connectivity index (χ4v) is 1.12. The molecule has 0 amide bonds. The molecule has 1 heterocycles. The molecule has 0 aliphatic heterocycles. The molecule has 68 valence electrons. The number of aliphatic hydroxyl groups excluding tert-OH is 1. The lowest BCUT2D eigenvalue weighted by atomic mass is 10.4. The molecule has 4 heteroatoms. The van der Waals surface area contributed by atoms with E-state index in [-0.39, 0.29) is 5.69 Å². The fourth-order valence-electron chi connectivity index (χ4n) is 1.12. The summed E-state index contributed by atoms with van der Waals surface area (Å²) in [5.41, 5.74) is -0.0570. The van der Waals surface area contributed by atoms with Gasteiger partial charge in [-0.05, 0) is 13.8 Å². The van der Waals surface area contributed by atoms with Crippen molar-refractivity contribution in [3.05, 3.63) is 22.9 Å². The summed E-state index contributed by atoms with van der Waals surface area (Å²) < 4.78 is 3.11. The molecule has 0 radical (unpaired) electrons. The molecular formula is C8H14N2O2. The third kappa shape index (κ3) is 1.76. The Morgan fingerprint density at radius 1 is 1.50 bits per heavy atom. The van der Waals surface area contributed by atoms with Crippen LogP contribution in [0.2, 0.25) is 0 Å². The van der Waals surface area contributed by atoms with Crippen LogP contribution in [-0.4, -0.2) is 20.3 Å². The third-order valence-corrected chi connectivity index (χ3v) is 1.72. The fraction of sp³-hybridized carbons (Fsp3) is 0.625. The molecule has 0 spiro atoms. The van der Waals surface area contributed by atoms with Gasteiger partial charge in [-0.3, -0.25) is 9.13 Å². The quantitative estimate of drug-likeness (QED) is 0.696. The van der Waals surface area contributed by atoms with Crippen LogP contribution >= 0.6 is 0 Å². The number of aliphatic hydroxyl groups is 1. The van der Waals surface area contributed by atoms with E-state index >= 15 is 0 Å². The van der Waals surface area contributed by atoms with Gasteiger partial charge in [0.25, 0.3) is 0 Å². The highest BCUT2D eigenvalue weighted by Crippen LogP contribution is 1.88. The van der Waals surface area contributed by atoms with E-state index in [1.54, 1.807) is 23.9 Å². The average Bonchev–Trinajstić information content (AvgIpc) is 2.32. The highest BCUT2D eigenvalue weighted by Gasteiger charge is 2.03. The van der Waals surface area contributed by atoms with Gasteiger partial charge in [-0.1, -0.05) is 0 Å². The van der Waals surface area contributed by atoms with E-state index in [1.165, 1.54) is 4.57 Å². The predicted molar refractivity (Wildman–Crippen MR) is 46.0 cm³/mol. The highest BCUT2D eigenvalue weighted by atomic mass is 16.3. The molecule has 0 aliphatic carbocycles. The van der Waals surface area contributed by atoms with E-state index in [0.717, 1.165) is 0 Å². The average molecular weight is 170 g/mol. The molecule has 4 nitrogen and oxygen atoms in total. The van der Waals surface area contributed by atoms with Crippen molar-refractivity contribution in [2.75, 3.05) is 0 Å². The number of hydrogen-bond acceptors (Lipinski definition) is 2. The molecule has 1 aromatic rings. The maximum absolute atomic E-state index is 11.4. The molecule has 1 aromatic heterocycles. The molecule has 1 N–H and O–H groups in total. The Kier molecular flexibility index (Phi) is 2.70. The van der Waals surface area contributed by atoms with Gasteiger partial charge in [0.15, 0.2) is 0 Å². The number of aryl methyl sites for hydroxylation is 1. The summed E-state index contributed by atoms with van der Waals surface area (Å²) in [5, 5.41) is 9.04. The standard InChI is InChI=1S/C8H14N2O2/c1-3-9-4-5-10(8(9)12)6-7(2)11/h4-5,7,11H,3,6H2,1-2H3/t7-/m1/s1.